The van der Waals surface area contributed by atoms with Crippen molar-refractivity contribution in [3.63, 3.8) is 0 Å². The van der Waals surface area contributed by atoms with Gasteiger partial charge in [0.25, 0.3) is 0 Å². The van der Waals surface area contributed by atoms with E-state index in [9.17, 15) is 5.11 Å². The molecule has 0 aromatic heterocycles. The first-order valence-corrected chi connectivity index (χ1v) is 9.75. The second-order valence-electron chi connectivity index (χ2n) is 7.10. The van der Waals surface area contributed by atoms with Crippen molar-refractivity contribution in [1.29, 1.82) is 0 Å². The highest BCUT2D eigenvalue weighted by Crippen LogP contribution is 2.55. The number of hydrogen-bond acceptors (Lipinski definition) is 4. The lowest BCUT2D eigenvalue weighted by atomic mass is 9.67. The van der Waals surface area contributed by atoms with Gasteiger partial charge in [0.05, 0.1) is 6.61 Å². The summed E-state index contributed by atoms with van der Waals surface area (Å²) in [7, 11) is 0. The maximum Gasteiger partial charge on any atom is 0.203 e. The molecule has 0 bridgehead atoms. The van der Waals surface area contributed by atoms with Gasteiger partial charge >= 0.3 is 0 Å². The quantitative estimate of drug-likeness (QED) is 0.560. The van der Waals surface area contributed by atoms with E-state index in [1.165, 1.54) is 5.57 Å². The smallest absolute Gasteiger partial charge is 0.203 e. The second kappa shape index (κ2) is 8.92. The molecule has 0 aromatic rings. The number of ether oxygens (including phenoxy) is 3. The van der Waals surface area contributed by atoms with Crippen LogP contribution in [-0.4, -0.2) is 30.2 Å². The minimum atomic E-state index is -1.13. The summed E-state index contributed by atoms with van der Waals surface area (Å²) in [5, 5.41) is 11.3. The van der Waals surface area contributed by atoms with Crippen molar-refractivity contribution in [2.24, 2.45) is 11.8 Å². The van der Waals surface area contributed by atoms with Gasteiger partial charge in [-0.15, -0.1) is 6.58 Å². The van der Waals surface area contributed by atoms with Crippen molar-refractivity contribution in [3.05, 3.63) is 48.5 Å². The monoisotopic (exact) mass is 362 g/mol. The molecule has 4 atom stereocenters. The average Bonchev–Trinajstić information content (AvgIpc) is 2.95. The average molecular weight is 363 g/mol. The first-order valence-electron chi connectivity index (χ1n) is 9.75. The van der Waals surface area contributed by atoms with Crippen molar-refractivity contribution in [1.82, 2.24) is 0 Å². The predicted molar refractivity (Wildman–Crippen MR) is 104 cm³/mol. The zero-order valence-corrected chi connectivity index (χ0v) is 16.6. The van der Waals surface area contributed by atoms with Crippen LogP contribution in [0.4, 0.5) is 0 Å². The first kappa shape index (κ1) is 20.8. The molecule has 4 unspecified atom stereocenters. The summed E-state index contributed by atoms with van der Waals surface area (Å²) in [6, 6.07) is 0. The highest BCUT2D eigenvalue weighted by Gasteiger charge is 2.54. The molecule has 0 radical (unpaired) electrons. The Balaban J connectivity index is 0.000000758. The summed E-state index contributed by atoms with van der Waals surface area (Å²) in [6.45, 7) is 18.6. The van der Waals surface area contributed by atoms with Gasteiger partial charge in [-0.2, -0.15) is 0 Å². The van der Waals surface area contributed by atoms with Crippen LogP contribution in [0, 0.1) is 11.8 Å². The predicted octanol–water partition coefficient (Wildman–Crippen LogP) is 4.87. The van der Waals surface area contributed by atoms with Crippen LogP contribution in [0.3, 0.4) is 0 Å². The molecule has 2 aliphatic carbocycles. The molecule has 146 valence electrons. The van der Waals surface area contributed by atoms with Gasteiger partial charge < -0.3 is 19.3 Å². The number of hydrogen-bond donors (Lipinski definition) is 1. The molecule has 0 spiro atoms. The maximum atomic E-state index is 11.3. The van der Waals surface area contributed by atoms with Gasteiger partial charge in [-0.1, -0.05) is 24.8 Å². The van der Waals surface area contributed by atoms with E-state index >= 15 is 0 Å². The van der Waals surface area contributed by atoms with Crippen molar-refractivity contribution >= 4 is 0 Å². The summed E-state index contributed by atoms with van der Waals surface area (Å²) in [6.07, 6.45) is 5.89. The van der Waals surface area contributed by atoms with Crippen LogP contribution in [0.15, 0.2) is 48.5 Å². The van der Waals surface area contributed by atoms with E-state index in [0.29, 0.717) is 31.8 Å². The fourth-order valence-corrected chi connectivity index (χ4v) is 4.38. The van der Waals surface area contributed by atoms with Crippen molar-refractivity contribution in [2.75, 3.05) is 13.2 Å². The van der Waals surface area contributed by atoms with Crippen LogP contribution in [0.2, 0.25) is 0 Å². The Kier molecular flexibility index (Phi) is 7.13. The second-order valence-corrected chi connectivity index (χ2v) is 7.10. The van der Waals surface area contributed by atoms with E-state index in [-0.39, 0.29) is 18.1 Å². The molecule has 3 rings (SSSR count). The number of aliphatic hydroxyl groups is 1. The van der Waals surface area contributed by atoms with E-state index in [1.807, 2.05) is 20.8 Å². The molecule has 4 nitrogen and oxygen atoms in total. The molecule has 1 aliphatic heterocycles. The number of rotatable bonds is 5. The third-order valence-corrected chi connectivity index (χ3v) is 5.39. The topological polar surface area (TPSA) is 47.9 Å². The third kappa shape index (κ3) is 3.77. The highest BCUT2D eigenvalue weighted by molar-refractivity contribution is 5.43. The molecular weight excluding hydrogens is 328 g/mol. The Bertz CT molecular complexity index is 577. The standard InChI is InChI=1S/C19H28O4.C3H6/c1-5-21-13(4)19(20)11-10-15-17(19)16-12(3)8-7-9-14(16)18(23-15)22-6-2;1-3-2/h14,16,18,20H,3-11H2,1-2H3;3H,1H2,2H3. The van der Waals surface area contributed by atoms with E-state index in [0.717, 1.165) is 30.6 Å². The van der Waals surface area contributed by atoms with Crippen LogP contribution in [0.25, 0.3) is 0 Å². The fourth-order valence-electron chi connectivity index (χ4n) is 4.38. The molecule has 1 heterocycles. The van der Waals surface area contributed by atoms with Gasteiger partial charge in [0, 0.05) is 30.4 Å². The van der Waals surface area contributed by atoms with E-state index in [1.54, 1.807) is 6.08 Å². The van der Waals surface area contributed by atoms with Crippen LogP contribution in [0.5, 0.6) is 0 Å². The van der Waals surface area contributed by atoms with Crippen molar-refractivity contribution in [3.8, 4) is 0 Å². The molecule has 1 saturated carbocycles. The number of allylic oxidation sites excluding steroid dienone is 3. The minimum Gasteiger partial charge on any atom is -0.495 e. The lowest BCUT2D eigenvalue weighted by molar-refractivity contribution is -0.170. The molecule has 1 N–H and O–H groups in total. The zero-order chi connectivity index (χ0) is 19.3. The molecule has 1 fully saturated rings. The lowest BCUT2D eigenvalue weighted by Gasteiger charge is -2.45. The molecular formula is C22H34O4. The summed E-state index contributed by atoms with van der Waals surface area (Å²) in [5.41, 5.74) is 0.971. The normalized spacial score (nSPS) is 32.6. The summed E-state index contributed by atoms with van der Waals surface area (Å²) in [5.74, 6) is 1.61. The Hall–Kier alpha value is -1.52. The van der Waals surface area contributed by atoms with Crippen LogP contribution >= 0.6 is 0 Å². The Morgan fingerprint density at radius 2 is 2.04 bits per heavy atom. The third-order valence-electron chi connectivity index (χ3n) is 5.39. The van der Waals surface area contributed by atoms with Gasteiger partial charge in [-0.3, -0.25) is 0 Å². The van der Waals surface area contributed by atoms with Gasteiger partial charge in [0.15, 0.2) is 0 Å². The Morgan fingerprint density at radius 3 is 2.65 bits per heavy atom. The Labute approximate surface area is 158 Å². The zero-order valence-electron chi connectivity index (χ0n) is 16.6. The summed E-state index contributed by atoms with van der Waals surface area (Å²) >= 11 is 0. The Morgan fingerprint density at radius 1 is 1.35 bits per heavy atom. The van der Waals surface area contributed by atoms with E-state index in [4.69, 9.17) is 14.2 Å². The molecule has 4 heteroatoms. The minimum absolute atomic E-state index is 0.105. The fraction of sp³-hybridized carbons (Fsp3) is 0.636. The molecule has 0 aromatic carbocycles. The lowest BCUT2D eigenvalue weighted by Crippen LogP contribution is -2.45. The molecule has 3 aliphatic rings. The van der Waals surface area contributed by atoms with E-state index in [2.05, 4.69) is 19.7 Å². The highest BCUT2D eigenvalue weighted by atomic mass is 16.7. The number of fused-ring (bicyclic) bond motifs is 2. The van der Waals surface area contributed by atoms with Crippen LogP contribution in [-0.2, 0) is 14.2 Å². The molecule has 26 heavy (non-hydrogen) atoms. The van der Waals surface area contributed by atoms with Crippen LogP contribution in [0.1, 0.15) is 52.9 Å². The SMILES string of the molecule is C=C1CCCC2C(OCC)OC3=C(C12)C(O)(C(=C)OCC)CC3.C=CC. The molecule has 0 saturated heterocycles. The van der Waals surface area contributed by atoms with Gasteiger partial charge in [0.2, 0.25) is 6.29 Å². The first-order chi connectivity index (χ1) is 12.4. The van der Waals surface area contributed by atoms with Crippen molar-refractivity contribution in [2.45, 2.75) is 64.8 Å². The molecule has 0 amide bonds. The van der Waals surface area contributed by atoms with E-state index < -0.39 is 5.60 Å². The summed E-state index contributed by atoms with van der Waals surface area (Å²) < 4.78 is 17.6. The summed E-state index contributed by atoms with van der Waals surface area (Å²) in [4.78, 5) is 0. The van der Waals surface area contributed by atoms with Gasteiger partial charge in [0.1, 0.15) is 17.1 Å². The van der Waals surface area contributed by atoms with Crippen LogP contribution < -0.4 is 0 Å². The largest absolute Gasteiger partial charge is 0.495 e. The van der Waals surface area contributed by atoms with Gasteiger partial charge in [-0.05, 0) is 46.5 Å². The van der Waals surface area contributed by atoms with Crippen molar-refractivity contribution < 1.29 is 19.3 Å². The van der Waals surface area contributed by atoms with Gasteiger partial charge in [-0.25, -0.2) is 0 Å². The maximum absolute atomic E-state index is 11.3.